The van der Waals surface area contributed by atoms with Gasteiger partial charge in [-0.05, 0) is 19.4 Å². The number of aromatic nitrogens is 1. The number of benzene rings is 1. The summed E-state index contributed by atoms with van der Waals surface area (Å²) < 4.78 is 0. The summed E-state index contributed by atoms with van der Waals surface area (Å²) >= 11 is 1.59. The van der Waals surface area contributed by atoms with Gasteiger partial charge in [0.1, 0.15) is 6.04 Å². The lowest BCUT2D eigenvalue weighted by molar-refractivity contribution is 0.187. The Balaban J connectivity index is 1.95. The van der Waals surface area contributed by atoms with Gasteiger partial charge >= 0.3 is 0 Å². The Labute approximate surface area is 128 Å². The molecule has 1 aliphatic rings. The summed E-state index contributed by atoms with van der Waals surface area (Å²) in [6.07, 6.45) is 0. The highest BCUT2D eigenvalue weighted by atomic mass is 32.1. The quantitative estimate of drug-likeness (QED) is 0.946. The highest BCUT2D eigenvalue weighted by Crippen LogP contribution is 2.44. The maximum absolute atomic E-state index is 9.76. The number of rotatable bonds is 3. The number of hydrogen-bond donors (Lipinski definition) is 1. The van der Waals surface area contributed by atoms with Gasteiger partial charge in [0, 0.05) is 10.8 Å². The Morgan fingerprint density at radius 1 is 1.33 bits per heavy atom. The molecule has 3 atom stereocenters. The molecule has 1 aromatic carbocycles. The molecule has 2 heterocycles. The van der Waals surface area contributed by atoms with Crippen LogP contribution in [0.1, 0.15) is 22.1 Å². The standard InChI is InChI=1S/C16H17N3OS/c1-10-11(2)21-16(18-10)19-13(8-17)15(14(19)9-20)12-6-4-3-5-7-12/h3-7,13-15,20H,9H2,1-2H3/t13-,14-,15-/m0/s1. The number of anilines is 1. The second-order valence-electron chi connectivity index (χ2n) is 5.31. The van der Waals surface area contributed by atoms with Crippen LogP contribution in [-0.2, 0) is 0 Å². The fraction of sp³-hybridized carbons (Fsp3) is 0.375. The van der Waals surface area contributed by atoms with E-state index in [1.54, 1.807) is 11.3 Å². The molecular weight excluding hydrogens is 282 g/mol. The molecule has 5 heteroatoms. The molecule has 1 aromatic heterocycles. The molecule has 0 saturated carbocycles. The highest BCUT2D eigenvalue weighted by Gasteiger charge is 2.50. The summed E-state index contributed by atoms with van der Waals surface area (Å²) in [4.78, 5) is 7.65. The zero-order valence-electron chi connectivity index (χ0n) is 12.0. The first kappa shape index (κ1) is 14.1. The summed E-state index contributed by atoms with van der Waals surface area (Å²) in [5, 5.41) is 20.1. The van der Waals surface area contributed by atoms with Crippen molar-refractivity contribution in [3.8, 4) is 6.07 Å². The minimum atomic E-state index is -0.269. The fourth-order valence-corrected chi connectivity index (χ4v) is 3.92. The molecule has 0 aliphatic carbocycles. The van der Waals surface area contributed by atoms with E-state index in [1.807, 2.05) is 49.1 Å². The van der Waals surface area contributed by atoms with E-state index in [9.17, 15) is 10.4 Å². The Morgan fingerprint density at radius 2 is 2.05 bits per heavy atom. The normalized spacial score (nSPS) is 24.5. The van der Waals surface area contributed by atoms with Crippen molar-refractivity contribution >= 4 is 16.5 Å². The third kappa shape index (κ3) is 2.21. The SMILES string of the molecule is Cc1nc(N2[C@@H](C#N)[C@H](c3ccccc3)[C@@H]2CO)sc1C. The maximum Gasteiger partial charge on any atom is 0.187 e. The van der Waals surface area contributed by atoms with E-state index in [0.29, 0.717) is 0 Å². The van der Waals surface area contributed by atoms with Gasteiger partial charge in [0.2, 0.25) is 0 Å². The lowest BCUT2D eigenvalue weighted by Gasteiger charge is -2.51. The van der Waals surface area contributed by atoms with Crippen molar-refractivity contribution in [1.82, 2.24) is 4.98 Å². The Morgan fingerprint density at radius 3 is 2.57 bits per heavy atom. The summed E-state index contributed by atoms with van der Waals surface area (Å²) in [7, 11) is 0. The predicted octanol–water partition coefficient (Wildman–Crippen LogP) is 2.62. The van der Waals surface area contributed by atoms with Gasteiger partial charge < -0.3 is 10.0 Å². The van der Waals surface area contributed by atoms with Crippen LogP contribution in [0.3, 0.4) is 0 Å². The maximum atomic E-state index is 9.76. The van der Waals surface area contributed by atoms with Crippen LogP contribution in [0, 0.1) is 25.2 Å². The van der Waals surface area contributed by atoms with Crippen molar-refractivity contribution in [2.75, 3.05) is 11.5 Å². The number of hydrogen-bond acceptors (Lipinski definition) is 5. The number of aliphatic hydroxyl groups is 1. The second kappa shape index (κ2) is 5.47. The van der Waals surface area contributed by atoms with Gasteiger partial charge in [-0.15, -0.1) is 11.3 Å². The Kier molecular flexibility index (Phi) is 3.66. The monoisotopic (exact) mass is 299 g/mol. The number of aliphatic hydroxyl groups excluding tert-OH is 1. The van der Waals surface area contributed by atoms with Crippen LogP contribution < -0.4 is 4.90 Å². The summed E-state index contributed by atoms with van der Waals surface area (Å²) in [6.45, 7) is 4.02. The van der Waals surface area contributed by atoms with Gasteiger partial charge in [0.15, 0.2) is 5.13 Å². The number of aryl methyl sites for hydroxylation is 2. The first-order valence-corrected chi connectivity index (χ1v) is 7.76. The van der Waals surface area contributed by atoms with Gasteiger partial charge in [-0.3, -0.25) is 0 Å². The van der Waals surface area contributed by atoms with Gasteiger partial charge in [-0.1, -0.05) is 30.3 Å². The molecule has 0 amide bonds. The van der Waals surface area contributed by atoms with E-state index < -0.39 is 0 Å². The van der Waals surface area contributed by atoms with Gasteiger partial charge in [-0.25, -0.2) is 4.98 Å². The second-order valence-corrected chi connectivity index (χ2v) is 6.49. The molecule has 0 bridgehead atoms. The van der Waals surface area contributed by atoms with Crippen LogP contribution in [-0.4, -0.2) is 28.8 Å². The first-order chi connectivity index (χ1) is 10.2. The number of thiazole rings is 1. The van der Waals surface area contributed by atoms with Crippen molar-refractivity contribution < 1.29 is 5.11 Å². The Bertz CT molecular complexity index is 657. The van der Waals surface area contributed by atoms with E-state index in [2.05, 4.69) is 11.1 Å². The molecule has 108 valence electrons. The van der Waals surface area contributed by atoms with Crippen molar-refractivity contribution in [3.05, 3.63) is 46.5 Å². The van der Waals surface area contributed by atoms with E-state index >= 15 is 0 Å². The number of nitrogens with zero attached hydrogens (tertiary/aromatic N) is 3. The molecule has 2 aromatic rings. The van der Waals surface area contributed by atoms with Crippen molar-refractivity contribution in [1.29, 1.82) is 5.26 Å². The lowest BCUT2D eigenvalue weighted by atomic mass is 9.76. The molecular formula is C16H17N3OS. The van der Waals surface area contributed by atoms with Crippen LogP contribution in [0.2, 0.25) is 0 Å². The van der Waals surface area contributed by atoms with Crippen molar-refractivity contribution in [2.24, 2.45) is 0 Å². The average molecular weight is 299 g/mol. The van der Waals surface area contributed by atoms with Crippen LogP contribution in [0.15, 0.2) is 30.3 Å². The fourth-order valence-electron chi connectivity index (χ4n) is 2.91. The van der Waals surface area contributed by atoms with Crippen LogP contribution in [0.4, 0.5) is 5.13 Å². The molecule has 21 heavy (non-hydrogen) atoms. The molecule has 0 spiro atoms. The topological polar surface area (TPSA) is 60.2 Å². The Hall–Kier alpha value is -1.90. The summed E-state index contributed by atoms with van der Waals surface area (Å²) in [6, 6.07) is 12.0. The van der Waals surface area contributed by atoms with Crippen molar-refractivity contribution in [3.63, 3.8) is 0 Å². The van der Waals surface area contributed by atoms with Gasteiger partial charge in [-0.2, -0.15) is 5.26 Å². The molecule has 0 radical (unpaired) electrons. The van der Waals surface area contributed by atoms with Gasteiger partial charge in [0.05, 0.1) is 24.4 Å². The minimum Gasteiger partial charge on any atom is -0.394 e. The van der Waals surface area contributed by atoms with E-state index in [4.69, 9.17) is 0 Å². The van der Waals surface area contributed by atoms with E-state index in [0.717, 1.165) is 21.3 Å². The highest BCUT2D eigenvalue weighted by molar-refractivity contribution is 7.15. The summed E-state index contributed by atoms with van der Waals surface area (Å²) in [5.74, 6) is 0.0331. The largest absolute Gasteiger partial charge is 0.394 e. The predicted molar refractivity (Wildman–Crippen MR) is 83.5 cm³/mol. The molecule has 1 fully saturated rings. The molecule has 1 N–H and O–H groups in total. The number of nitriles is 1. The smallest absolute Gasteiger partial charge is 0.187 e. The molecule has 1 saturated heterocycles. The van der Waals surface area contributed by atoms with Crippen LogP contribution in [0.25, 0.3) is 0 Å². The average Bonchev–Trinajstić information content (AvgIpc) is 2.79. The third-order valence-corrected chi connectivity index (χ3v) is 5.24. The zero-order chi connectivity index (χ0) is 15.0. The van der Waals surface area contributed by atoms with Crippen LogP contribution >= 0.6 is 11.3 Å². The molecule has 1 aliphatic heterocycles. The molecule has 4 nitrogen and oxygen atoms in total. The summed E-state index contributed by atoms with van der Waals surface area (Å²) in [5.41, 5.74) is 2.09. The van der Waals surface area contributed by atoms with Crippen molar-refractivity contribution in [2.45, 2.75) is 31.8 Å². The van der Waals surface area contributed by atoms with E-state index in [1.165, 1.54) is 0 Å². The first-order valence-electron chi connectivity index (χ1n) is 6.95. The van der Waals surface area contributed by atoms with Crippen LogP contribution in [0.5, 0.6) is 0 Å². The lowest BCUT2D eigenvalue weighted by Crippen LogP contribution is -2.63. The third-order valence-electron chi connectivity index (χ3n) is 4.15. The van der Waals surface area contributed by atoms with Gasteiger partial charge in [0.25, 0.3) is 0 Å². The molecule has 0 unspecified atom stereocenters. The minimum absolute atomic E-state index is 0.0232. The zero-order valence-corrected chi connectivity index (χ0v) is 12.8. The van der Waals surface area contributed by atoms with E-state index in [-0.39, 0.29) is 24.6 Å². The molecule has 3 rings (SSSR count).